The van der Waals surface area contributed by atoms with E-state index in [0.717, 1.165) is 31.6 Å². The lowest BCUT2D eigenvalue weighted by Gasteiger charge is -2.34. The van der Waals surface area contributed by atoms with E-state index < -0.39 is 0 Å². The van der Waals surface area contributed by atoms with Crippen LogP contribution >= 0.6 is 0 Å². The average Bonchev–Trinajstić information content (AvgIpc) is 3.08. The van der Waals surface area contributed by atoms with Gasteiger partial charge < -0.3 is 11.1 Å². The zero-order valence-electron chi connectivity index (χ0n) is 10.3. The Hall–Kier alpha value is -0.570. The van der Waals surface area contributed by atoms with E-state index in [1.165, 1.54) is 19.3 Å². The van der Waals surface area contributed by atoms with Crippen molar-refractivity contribution >= 4 is 5.91 Å². The smallest absolute Gasteiger partial charge is 0.227 e. The van der Waals surface area contributed by atoms with Crippen LogP contribution in [-0.4, -0.2) is 18.5 Å². The Bertz CT molecular complexity index is 259. The van der Waals surface area contributed by atoms with Gasteiger partial charge >= 0.3 is 0 Å². The third-order valence-electron chi connectivity index (χ3n) is 4.45. The normalized spacial score (nSPS) is 32.1. The van der Waals surface area contributed by atoms with Crippen LogP contribution in [0.5, 0.6) is 0 Å². The minimum Gasteiger partial charge on any atom is -0.353 e. The monoisotopic (exact) mass is 224 g/mol. The second-order valence-electron chi connectivity index (χ2n) is 5.53. The maximum Gasteiger partial charge on any atom is 0.227 e. The van der Waals surface area contributed by atoms with Crippen LogP contribution in [0.2, 0.25) is 0 Å². The summed E-state index contributed by atoms with van der Waals surface area (Å²) in [6.45, 7) is 2.71. The van der Waals surface area contributed by atoms with Gasteiger partial charge in [-0.25, -0.2) is 0 Å². The van der Waals surface area contributed by atoms with Gasteiger partial charge in [0.25, 0.3) is 0 Å². The molecule has 16 heavy (non-hydrogen) atoms. The summed E-state index contributed by atoms with van der Waals surface area (Å²) in [5.74, 6) is 0.956. The summed E-state index contributed by atoms with van der Waals surface area (Å²) in [5, 5.41) is 3.20. The Balaban J connectivity index is 1.90. The highest BCUT2D eigenvalue weighted by atomic mass is 16.2. The van der Waals surface area contributed by atoms with Gasteiger partial charge in [0.1, 0.15) is 0 Å². The lowest BCUT2D eigenvalue weighted by Crippen LogP contribution is -2.48. The van der Waals surface area contributed by atoms with Crippen LogP contribution in [0.3, 0.4) is 0 Å². The van der Waals surface area contributed by atoms with Gasteiger partial charge in [-0.1, -0.05) is 32.6 Å². The molecule has 0 aromatic heterocycles. The number of hydrogen-bond donors (Lipinski definition) is 2. The molecule has 2 aliphatic rings. The molecule has 2 fully saturated rings. The second-order valence-corrected chi connectivity index (χ2v) is 5.53. The molecule has 92 valence electrons. The van der Waals surface area contributed by atoms with Crippen molar-refractivity contribution in [3.05, 3.63) is 0 Å². The second kappa shape index (κ2) is 4.74. The van der Waals surface area contributed by atoms with E-state index in [4.69, 9.17) is 5.73 Å². The van der Waals surface area contributed by atoms with Crippen LogP contribution in [0.4, 0.5) is 0 Å². The minimum absolute atomic E-state index is 0.232. The summed E-state index contributed by atoms with van der Waals surface area (Å²) in [4.78, 5) is 12.3. The number of rotatable bonds is 4. The van der Waals surface area contributed by atoms with Crippen LogP contribution in [0.25, 0.3) is 0 Å². The summed E-state index contributed by atoms with van der Waals surface area (Å²) in [5.41, 5.74) is 5.60. The van der Waals surface area contributed by atoms with Gasteiger partial charge in [-0.3, -0.25) is 4.79 Å². The maximum absolute atomic E-state index is 12.3. The molecular weight excluding hydrogens is 200 g/mol. The lowest BCUT2D eigenvalue weighted by molar-refractivity contribution is -0.132. The molecule has 2 unspecified atom stereocenters. The molecule has 0 heterocycles. The molecule has 3 nitrogen and oxygen atoms in total. The fraction of sp³-hybridized carbons (Fsp3) is 0.923. The molecule has 0 radical (unpaired) electrons. The van der Waals surface area contributed by atoms with Gasteiger partial charge in [0.15, 0.2) is 0 Å². The fourth-order valence-electron chi connectivity index (χ4n) is 2.95. The molecule has 0 aromatic rings. The van der Waals surface area contributed by atoms with Gasteiger partial charge in [-0.2, -0.15) is 0 Å². The van der Waals surface area contributed by atoms with Crippen molar-refractivity contribution in [3.8, 4) is 0 Å². The summed E-state index contributed by atoms with van der Waals surface area (Å²) >= 11 is 0. The number of amides is 1. The predicted octanol–water partition coefficient (Wildman–Crippen LogP) is 1.81. The molecule has 2 atom stereocenters. The van der Waals surface area contributed by atoms with Gasteiger partial charge in [-0.05, 0) is 25.2 Å². The zero-order valence-corrected chi connectivity index (χ0v) is 10.3. The van der Waals surface area contributed by atoms with E-state index in [2.05, 4.69) is 12.2 Å². The highest BCUT2D eigenvalue weighted by molar-refractivity contribution is 5.83. The number of carbonyl (C=O) groups is 1. The van der Waals surface area contributed by atoms with Gasteiger partial charge in [0.2, 0.25) is 5.91 Å². The summed E-state index contributed by atoms with van der Waals surface area (Å²) < 4.78 is 0. The summed E-state index contributed by atoms with van der Waals surface area (Å²) in [6.07, 6.45) is 7.90. The van der Waals surface area contributed by atoms with E-state index in [1.807, 2.05) is 0 Å². The largest absolute Gasteiger partial charge is 0.353 e. The van der Waals surface area contributed by atoms with Crippen molar-refractivity contribution in [2.24, 2.45) is 17.1 Å². The highest BCUT2D eigenvalue weighted by Gasteiger charge is 2.43. The summed E-state index contributed by atoms with van der Waals surface area (Å²) in [7, 11) is 0. The van der Waals surface area contributed by atoms with E-state index in [1.54, 1.807) is 0 Å². The fourth-order valence-corrected chi connectivity index (χ4v) is 2.95. The van der Waals surface area contributed by atoms with Crippen molar-refractivity contribution in [2.75, 3.05) is 6.54 Å². The Morgan fingerprint density at radius 1 is 1.38 bits per heavy atom. The van der Waals surface area contributed by atoms with Crippen LogP contribution in [-0.2, 0) is 4.79 Å². The molecule has 2 aliphatic carbocycles. The van der Waals surface area contributed by atoms with Crippen molar-refractivity contribution in [3.63, 3.8) is 0 Å². The van der Waals surface area contributed by atoms with E-state index >= 15 is 0 Å². The van der Waals surface area contributed by atoms with Gasteiger partial charge in [-0.15, -0.1) is 0 Å². The SMILES string of the molecule is CCC1CC1NC(=O)C1(CN)CCCCC1. The number of nitrogens with two attached hydrogens (primary N) is 1. The minimum atomic E-state index is -0.237. The standard InChI is InChI=1S/C13H24N2O/c1-2-10-8-11(10)15-12(16)13(9-14)6-4-3-5-7-13/h10-11H,2-9,14H2,1H3,(H,15,16). The molecule has 1 amide bonds. The van der Waals surface area contributed by atoms with E-state index in [-0.39, 0.29) is 11.3 Å². The summed E-state index contributed by atoms with van der Waals surface area (Å²) in [6, 6.07) is 0.447. The highest BCUT2D eigenvalue weighted by Crippen LogP contribution is 2.38. The van der Waals surface area contributed by atoms with Crippen molar-refractivity contribution < 1.29 is 4.79 Å². The van der Waals surface area contributed by atoms with Crippen molar-refractivity contribution in [1.82, 2.24) is 5.32 Å². The van der Waals surface area contributed by atoms with Crippen LogP contribution in [0, 0.1) is 11.3 Å². The predicted molar refractivity (Wildman–Crippen MR) is 64.9 cm³/mol. The quantitative estimate of drug-likeness (QED) is 0.765. The first kappa shape index (κ1) is 11.9. The van der Waals surface area contributed by atoms with Gasteiger partial charge in [0, 0.05) is 12.6 Å². The molecule has 2 saturated carbocycles. The Morgan fingerprint density at radius 3 is 2.56 bits per heavy atom. The lowest BCUT2D eigenvalue weighted by atomic mass is 9.73. The molecule has 0 aliphatic heterocycles. The van der Waals surface area contributed by atoms with Crippen LogP contribution in [0.15, 0.2) is 0 Å². The number of hydrogen-bond acceptors (Lipinski definition) is 2. The molecular formula is C13H24N2O. The van der Waals surface area contributed by atoms with Crippen LogP contribution < -0.4 is 11.1 Å². The molecule has 3 N–H and O–H groups in total. The van der Waals surface area contributed by atoms with Crippen molar-refractivity contribution in [1.29, 1.82) is 0 Å². The number of carbonyl (C=O) groups excluding carboxylic acids is 1. The Labute approximate surface area is 98.2 Å². The topological polar surface area (TPSA) is 55.1 Å². The molecule has 0 saturated heterocycles. The van der Waals surface area contributed by atoms with Gasteiger partial charge in [0.05, 0.1) is 5.41 Å². The third-order valence-corrected chi connectivity index (χ3v) is 4.45. The Morgan fingerprint density at radius 2 is 2.06 bits per heavy atom. The zero-order chi connectivity index (χ0) is 11.6. The van der Waals surface area contributed by atoms with Crippen molar-refractivity contribution in [2.45, 2.75) is 57.9 Å². The van der Waals surface area contributed by atoms with Crippen LogP contribution in [0.1, 0.15) is 51.9 Å². The van der Waals surface area contributed by atoms with E-state index in [9.17, 15) is 4.79 Å². The molecule has 0 bridgehead atoms. The molecule has 2 rings (SSSR count). The molecule has 0 spiro atoms. The Kier molecular flexibility index (Phi) is 3.53. The molecule has 3 heteroatoms. The first-order valence-electron chi connectivity index (χ1n) is 6.73. The molecule has 0 aromatic carbocycles. The maximum atomic E-state index is 12.3. The third kappa shape index (κ3) is 2.24. The average molecular weight is 224 g/mol. The van der Waals surface area contributed by atoms with E-state index in [0.29, 0.717) is 12.6 Å². The first-order chi connectivity index (χ1) is 7.72. The first-order valence-corrected chi connectivity index (χ1v) is 6.73. The number of nitrogens with one attached hydrogen (secondary N) is 1.